The van der Waals surface area contributed by atoms with Gasteiger partial charge in [-0.05, 0) is 22.8 Å². The molecule has 2 rings (SSSR count). The molecule has 0 heterocycles. The average Bonchev–Trinajstić information content (AvgIpc) is 2.27. The molecule has 4 heteroatoms. The highest BCUT2D eigenvalue weighted by atomic mass is 31.1. The first-order valence-electron chi connectivity index (χ1n) is 4.96. The first kappa shape index (κ1) is 12.8. The Morgan fingerprint density at radius 1 is 1.06 bits per heavy atom. The van der Waals surface area contributed by atoms with E-state index in [0.29, 0.717) is 0 Å². The zero-order valence-electron chi connectivity index (χ0n) is 9.00. The molecule has 0 radical (unpaired) electrons. The van der Waals surface area contributed by atoms with Crippen LogP contribution in [-0.2, 0) is 11.0 Å². The molecule has 16 heavy (non-hydrogen) atoms. The van der Waals surface area contributed by atoms with Crippen molar-refractivity contribution in [2.75, 3.05) is 0 Å². The van der Waals surface area contributed by atoms with Crippen molar-refractivity contribution in [1.82, 2.24) is 0 Å². The highest BCUT2D eigenvalue weighted by Gasteiger charge is 1.95. The summed E-state index contributed by atoms with van der Waals surface area (Å²) in [4.78, 5) is 14.2. The minimum Gasteiger partial charge on any atom is -0.134 e. The summed E-state index contributed by atoms with van der Waals surface area (Å²) in [7, 11) is -2.87. The molecule has 2 aromatic rings. The van der Waals surface area contributed by atoms with Crippen LogP contribution < -0.4 is 0 Å². The van der Waals surface area contributed by atoms with Crippen LogP contribution in [0.5, 0.6) is 0 Å². The molecule has 0 aromatic heterocycles. The maximum atomic E-state index is 8.70. The van der Waals surface area contributed by atoms with Gasteiger partial charge in [-0.25, -0.2) is 0 Å². The molecule has 2 aromatic carbocycles. The Morgan fingerprint density at radius 3 is 2.25 bits per heavy atom. The predicted molar refractivity (Wildman–Crippen MR) is 65.4 cm³/mol. The molecule has 2 N–H and O–H groups in total. The number of hydrogen-bond donors (Lipinski definition) is 2. The maximum absolute atomic E-state index is 8.70. The smallest absolute Gasteiger partial charge is 0.134 e. The van der Waals surface area contributed by atoms with Gasteiger partial charge in [0.1, 0.15) is 0 Å². The van der Waals surface area contributed by atoms with Gasteiger partial charge in [-0.3, -0.25) is 0 Å². The predicted octanol–water partition coefficient (Wildman–Crippen LogP) is 3.03. The van der Waals surface area contributed by atoms with E-state index in [9.17, 15) is 0 Å². The Hall–Kier alpha value is -1.28. The van der Waals surface area contributed by atoms with Crippen LogP contribution in [0.4, 0.5) is 0 Å². The summed E-state index contributed by atoms with van der Waals surface area (Å²) >= 11 is 0. The van der Waals surface area contributed by atoms with E-state index < -0.39 is 8.25 Å². The van der Waals surface area contributed by atoms with Crippen LogP contribution in [0, 0.1) is 0 Å². The van der Waals surface area contributed by atoms with Crippen LogP contribution in [0.25, 0.3) is 10.8 Å². The topological polar surface area (TPSA) is 57.5 Å². The second-order valence-electron chi connectivity index (χ2n) is 3.24. The van der Waals surface area contributed by atoms with Gasteiger partial charge in [-0.1, -0.05) is 49.4 Å². The number of benzene rings is 2. The standard InChI is InChI=1S/C12H12.HO3P/c1-2-10-7-5-8-11-6-3-4-9-12(10)11;1-4(2)3/h3-9H,2H2,1H3;(H-,1,2,3)/p+1. The van der Waals surface area contributed by atoms with Gasteiger partial charge in [0.15, 0.2) is 0 Å². The third-order valence-corrected chi connectivity index (χ3v) is 2.26. The third-order valence-electron chi connectivity index (χ3n) is 2.26. The van der Waals surface area contributed by atoms with Crippen molar-refractivity contribution in [2.24, 2.45) is 0 Å². The molecule has 0 unspecified atom stereocenters. The largest absolute Gasteiger partial charge is 0.692 e. The molecule has 3 nitrogen and oxygen atoms in total. The average molecular weight is 237 g/mol. The molecule has 0 aliphatic heterocycles. The number of rotatable bonds is 1. The lowest BCUT2D eigenvalue weighted by atomic mass is 10.0. The van der Waals surface area contributed by atoms with Crippen molar-refractivity contribution < 1.29 is 14.4 Å². The molecule has 0 aliphatic rings. The molecule has 0 bridgehead atoms. The van der Waals surface area contributed by atoms with Crippen LogP contribution >= 0.6 is 8.25 Å². The lowest BCUT2D eigenvalue weighted by Gasteiger charge is -2.02. The van der Waals surface area contributed by atoms with Crippen LogP contribution in [0.2, 0.25) is 0 Å². The molecule has 0 saturated carbocycles. The van der Waals surface area contributed by atoms with E-state index in [4.69, 9.17) is 14.4 Å². The van der Waals surface area contributed by atoms with Gasteiger partial charge in [0.05, 0.1) is 0 Å². The molecule has 0 amide bonds. The lowest BCUT2D eigenvalue weighted by Crippen LogP contribution is -1.81. The van der Waals surface area contributed by atoms with E-state index in [1.165, 1.54) is 16.3 Å². The highest BCUT2D eigenvalue weighted by Crippen LogP contribution is 2.18. The summed E-state index contributed by atoms with van der Waals surface area (Å²) in [6, 6.07) is 15.0. The first-order valence-corrected chi connectivity index (χ1v) is 6.13. The first-order chi connectivity index (χ1) is 7.65. The SMILES string of the molecule is CCc1cccc2ccccc12.O=[P+](O)O. The molecular formula is C12H14O3P+. The van der Waals surface area contributed by atoms with Gasteiger partial charge >= 0.3 is 8.25 Å². The number of aryl methyl sites for hydroxylation is 1. The summed E-state index contributed by atoms with van der Waals surface area (Å²) in [6.07, 6.45) is 1.11. The van der Waals surface area contributed by atoms with Crippen molar-refractivity contribution in [2.45, 2.75) is 13.3 Å². The Bertz CT molecular complexity index is 473. The Balaban J connectivity index is 0.000000280. The Labute approximate surface area is 95.3 Å². The van der Waals surface area contributed by atoms with Crippen molar-refractivity contribution >= 4 is 19.0 Å². The second kappa shape index (κ2) is 6.33. The molecule has 0 spiro atoms. The van der Waals surface area contributed by atoms with Gasteiger partial charge in [0.25, 0.3) is 0 Å². The van der Waals surface area contributed by atoms with Gasteiger partial charge in [0, 0.05) is 4.57 Å². The summed E-state index contributed by atoms with van der Waals surface area (Å²) in [5.41, 5.74) is 1.44. The zero-order chi connectivity index (χ0) is 12.0. The van der Waals surface area contributed by atoms with Gasteiger partial charge in [0.2, 0.25) is 0 Å². The van der Waals surface area contributed by atoms with E-state index in [1.54, 1.807) is 0 Å². The summed E-state index contributed by atoms with van der Waals surface area (Å²) in [6.45, 7) is 2.20. The fourth-order valence-electron chi connectivity index (χ4n) is 1.60. The maximum Gasteiger partial charge on any atom is 0.692 e. The monoisotopic (exact) mass is 237 g/mol. The fraction of sp³-hybridized carbons (Fsp3) is 0.167. The van der Waals surface area contributed by atoms with Crippen LogP contribution in [0.1, 0.15) is 12.5 Å². The van der Waals surface area contributed by atoms with Crippen LogP contribution in [0.15, 0.2) is 42.5 Å². The lowest BCUT2D eigenvalue weighted by molar-refractivity contribution is 0.405. The van der Waals surface area contributed by atoms with E-state index in [2.05, 4.69) is 49.4 Å². The van der Waals surface area contributed by atoms with E-state index in [1.807, 2.05) is 0 Å². The summed E-state index contributed by atoms with van der Waals surface area (Å²) in [5, 5.41) is 2.74. The third kappa shape index (κ3) is 3.70. The fourth-order valence-corrected chi connectivity index (χ4v) is 1.60. The molecule has 0 saturated heterocycles. The van der Waals surface area contributed by atoms with Gasteiger partial charge in [-0.15, -0.1) is 9.79 Å². The van der Waals surface area contributed by atoms with Crippen LogP contribution in [0.3, 0.4) is 0 Å². The van der Waals surface area contributed by atoms with Crippen LogP contribution in [-0.4, -0.2) is 9.79 Å². The zero-order valence-corrected chi connectivity index (χ0v) is 9.89. The minimum atomic E-state index is -2.87. The van der Waals surface area contributed by atoms with E-state index in [0.717, 1.165) is 6.42 Å². The number of fused-ring (bicyclic) bond motifs is 1. The second-order valence-corrected chi connectivity index (χ2v) is 3.75. The van der Waals surface area contributed by atoms with Crippen molar-refractivity contribution in [3.05, 3.63) is 48.0 Å². The van der Waals surface area contributed by atoms with Crippen molar-refractivity contribution in [1.29, 1.82) is 0 Å². The molecule has 0 fully saturated rings. The normalized spacial score (nSPS) is 9.44. The molecule has 0 aliphatic carbocycles. The van der Waals surface area contributed by atoms with Gasteiger partial charge < -0.3 is 0 Å². The van der Waals surface area contributed by atoms with E-state index in [-0.39, 0.29) is 0 Å². The quantitative estimate of drug-likeness (QED) is 0.749. The number of hydrogen-bond acceptors (Lipinski definition) is 1. The molecule has 84 valence electrons. The highest BCUT2D eigenvalue weighted by molar-refractivity contribution is 7.30. The molecule has 0 atom stereocenters. The van der Waals surface area contributed by atoms with Crippen molar-refractivity contribution in [3.8, 4) is 0 Å². The van der Waals surface area contributed by atoms with E-state index >= 15 is 0 Å². The minimum absolute atomic E-state index is 1.11. The Morgan fingerprint density at radius 2 is 1.62 bits per heavy atom. The summed E-state index contributed by atoms with van der Waals surface area (Å²) in [5.74, 6) is 0. The summed E-state index contributed by atoms with van der Waals surface area (Å²) < 4.78 is 8.70. The van der Waals surface area contributed by atoms with Gasteiger partial charge in [-0.2, -0.15) is 0 Å². The Kier molecular flexibility index (Phi) is 5.06. The van der Waals surface area contributed by atoms with Crippen molar-refractivity contribution in [3.63, 3.8) is 0 Å². The molecular weight excluding hydrogens is 223 g/mol.